The number of nitrogens with two attached hydrogens (primary N) is 2. The van der Waals surface area contributed by atoms with Crippen molar-refractivity contribution in [1.29, 1.82) is 0 Å². The highest BCUT2D eigenvalue weighted by Gasteiger charge is 2.35. The summed E-state index contributed by atoms with van der Waals surface area (Å²) in [4.78, 5) is 28.4. The van der Waals surface area contributed by atoms with Gasteiger partial charge in [-0.15, -0.1) is 0 Å². The number of rotatable bonds is 5. The number of hydrogen-bond acceptors (Lipinski definition) is 9. The lowest BCUT2D eigenvalue weighted by Gasteiger charge is -2.41. The van der Waals surface area contributed by atoms with E-state index in [9.17, 15) is 8.78 Å². The monoisotopic (exact) mass is 528 g/mol. The van der Waals surface area contributed by atoms with Gasteiger partial charge in [0.25, 0.3) is 0 Å². The number of aryl methyl sites for hydroxylation is 1. The lowest BCUT2D eigenvalue weighted by atomic mass is 9.86. The second kappa shape index (κ2) is 9.62. The molecule has 1 aliphatic rings. The first-order valence-corrected chi connectivity index (χ1v) is 12.5. The van der Waals surface area contributed by atoms with Crippen LogP contribution in [-0.2, 0) is 12.1 Å². The van der Waals surface area contributed by atoms with Crippen LogP contribution in [0.1, 0.15) is 29.9 Å². The first kappa shape index (κ1) is 24.7. The summed E-state index contributed by atoms with van der Waals surface area (Å²) in [5.74, 6) is -0.886. The maximum absolute atomic E-state index is 14.1. The van der Waals surface area contributed by atoms with Crippen LogP contribution >= 0.6 is 0 Å². The van der Waals surface area contributed by atoms with E-state index in [1.165, 1.54) is 12.4 Å². The van der Waals surface area contributed by atoms with Gasteiger partial charge in [-0.1, -0.05) is 0 Å². The molecule has 1 fully saturated rings. The molecule has 0 saturated carbocycles. The lowest BCUT2D eigenvalue weighted by Crippen LogP contribution is -2.52. The van der Waals surface area contributed by atoms with E-state index in [0.29, 0.717) is 47.2 Å². The predicted octanol–water partition coefficient (Wildman–Crippen LogP) is 3.35. The van der Waals surface area contributed by atoms with Gasteiger partial charge in [-0.2, -0.15) is 0 Å². The van der Waals surface area contributed by atoms with Gasteiger partial charge >= 0.3 is 0 Å². The summed E-state index contributed by atoms with van der Waals surface area (Å²) >= 11 is 0. The Labute approximate surface area is 222 Å². The molecular weight excluding hydrogens is 502 g/mol. The van der Waals surface area contributed by atoms with Crippen LogP contribution in [0.2, 0.25) is 0 Å². The number of benzene rings is 1. The van der Waals surface area contributed by atoms with Crippen molar-refractivity contribution in [2.75, 3.05) is 23.7 Å². The number of halogens is 2. The van der Waals surface area contributed by atoms with Crippen molar-refractivity contribution >= 4 is 22.7 Å². The van der Waals surface area contributed by atoms with Crippen molar-refractivity contribution in [1.82, 2.24) is 34.5 Å². The maximum atomic E-state index is 14.1. The number of anilines is 2. The highest BCUT2D eigenvalue weighted by atomic mass is 19.2. The molecule has 0 unspecified atom stereocenters. The van der Waals surface area contributed by atoms with E-state index < -0.39 is 17.2 Å². The molecule has 4 aromatic heterocycles. The standard InChI is InChI=1S/C27H26F2N10/c1-16-32-7-5-23(37-16)27(31)6-2-8-38(13-27)22-11-33-21(17-3-4-19(28)20(29)9-17)10-18(22)12-39-15-36-24-25(30)34-14-35-26(24)39/h3-5,7,9-11,14-15H,2,6,8,12-13,31H2,1H3,(H2,30,34,35)/t27-/m1/s1. The minimum atomic E-state index is -0.934. The SMILES string of the molecule is Cc1nccc([C@@]2(N)CCCN(c3cnc(-c4ccc(F)c(F)c4)cc3Cn3cnc4c(N)ncnc43)C2)n1. The molecule has 6 rings (SSSR count). The van der Waals surface area contributed by atoms with Gasteiger partial charge in [-0.25, -0.2) is 33.7 Å². The van der Waals surface area contributed by atoms with Crippen LogP contribution in [0.4, 0.5) is 20.3 Å². The molecular formula is C27H26F2N10. The summed E-state index contributed by atoms with van der Waals surface area (Å²) < 4.78 is 29.5. The van der Waals surface area contributed by atoms with E-state index in [4.69, 9.17) is 11.5 Å². The third kappa shape index (κ3) is 4.63. The fourth-order valence-corrected chi connectivity index (χ4v) is 5.14. The van der Waals surface area contributed by atoms with Crippen LogP contribution in [0.5, 0.6) is 0 Å². The summed E-state index contributed by atoms with van der Waals surface area (Å²) in [6.45, 7) is 3.50. The molecule has 5 heterocycles. The predicted molar refractivity (Wildman–Crippen MR) is 143 cm³/mol. The molecule has 1 atom stereocenters. The number of hydrogen-bond donors (Lipinski definition) is 2. The summed E-state index contributed by atoms with van der Waals surface area (Å²) in [7, 11) is 0. The number of fused-ring (bicyclic) bond motifs is 1. The number of imidazole rings is 1. The van der Waals surface area contributed by atoms with Crippen molar-refractivity contribution in [2.24, 2.45) is 5.73 Å². The number of aromatic nitrogens is 7. The van der Waals surface area contributed by atoms with Crippen LogP contribution in [-0.4, -0.2) is 47.6 Å². The Hall–Kier alpha value is -4.58. The third-order valence-electron chi connectivity index (χ3n) is 7.10. The van der Waals surface area contributed by atoms with E-state index in [2.05, 4.69) is 34.8 Å². The van der Waals surface area contributed by atoms with E-state index in [0.717, 1.165) is 48.5 Å². The van der Waals surface area contributed by atoms with Gasteiger partial charge in [0, 0.05) is 24.8 Å². The fraction of sp³-hybridized carbons (Fsp3) is 0.259. The topological polar surface area (TPSA) is 138 Å². The van der Waals surface area contributed by atoms with Gasteiger partial charge in [0.2, 0.25) is 0 Å². The molecule has 1 aliphatic heterocycles. The second-order valence-electron chi connectivity index (χ2n) is 9.80. The Balaban J connectivity index is 1.42. The van der Waals surface area contributed by atoms with Gasteiger partial charge in [-0.3, -0.25) is 4.98 Å². The Morgan fingerprint density at radius 3 is 2.72 bits per heavy atom. The number of piperidine rings is 1. The second-order valence-corrected chi connectivity index (χ2v) is 9.80. The highest BCUT2D eigenvalue weighted by molar-refractivity contribution is 5.81. The quantitative estimate of drug-likeness (QED) is 0.352. The molecule has 5 aromatic rings. The third-order valence-corrected chi connectivity index (χ3v) is 7.10. The smallest absolute Gasteiger partial charge is 0.165 e. The fourth-order valence-electron chi connectivity index (χ4n) is 5.14. The summed E-state index contributed by atoms with van der Waals surface area (Å²) in [5, 5.41) is 0. The van der Waals surface area contributed by atoms with Crippen molar-refractivity contribution in [3.05, 3.63) is 84.1 Å². The van der Waals surface area contributed by atoms with Crippen molar-refractivity contribution < 1.29 is 8.78 Å². The van der Waals surface area contributed by atoms with Gasteiger partial charge in [0.1, 0.15) is 17.7 Å². The summed E-state index contributed by atoms with van der Waals surface area (Å²) in [6, 6.07) is 7.49. The molecule has 10 nitrogen and oxygen atoms in total. The van der Waals surface area contributed by atoms with E-state index in [1.807, 2.05) is 23.6 Å². The maximum Gasteiger partial charge on any atom is 0.165 e. The van der Waals surface area contributed by atoms with Crippen LogP contribution < -0.4 is 16.4 Å². The van der Waals surface area contributed by atoms with Crippen LogP contribution in [0.15, 0.2) is 55.4 Å². The Morgan fingerprint density at radius 2 is 1.90 bits per heavy atom. The normalized spacial score (nSPS) is 17.6. The number of nitrogens with zero attached hydrogens (tertiary/aromatic N) is 8. The molecule has 1 saturated heterocycles. The van der Waals surface area contributed by atoms with Gasteiger partial charge in [-0.05, 0) is 55.7 Å². The van der Waals surface area contributed by atoms with Gasteiger partial charge in [0.15, 0.2) is 23.1 Å². The molecule has 0 bridgehead atoms. The number of nitrogen functional groups attached to an aromatic ring is 1. The van der Waals surface area contributed by atoms with Gasteiger partial charge in [0.05, 0.1) is 41.7 Å². The molecule has 4 N–H and O–H groups in total. The first-order chi connectivity index (χ1) is 18.8. The zero-order valence-electron chi connectivity index (χ0n) is 21.2. The number of pyridine rings is 1. The van der Waals surface area contributed by atoms with Crippen molar-refractivity contribution in [3.8, 4) is 11.3 Å². The van der Waals surface area contributed by atoms with Gasteiger partial charge < -0.3 is 20.9 Å². The Bertz CT molecular complexity index is 1690. The average molecular weight is 529 g/mol. The minimum absolute atomic E-state index is 0.292. The zero-order valence-corrected chi connectivity index (χ0v) is 21.2. The molecule has 0 spiro atoms. The lowest BCUT2D eigenvalue weighted by molar-refractivity contribution is 0.344. The van der Waals surface area contributed by atoms with E-state index >= 15 is 0 Å². The van der Waals surface area contributed by atoms with Crippen LogP contribution in [0.25, 0.3) is 22.4 Å². The van der Waals surface area contributed by atoms with E-state index in [1.54, 1.807) is 18.7 Å². The van der Waals surface area contributed by atoms with Crippen molar-refractivity contribution in [3.63, 3.8) is 0 Å². The molecule has 0 amide bonds. The molecule has 1 aromatic carbocycles. The Kier molecular flexibility index (Phi) is 6.10. The van der Waals surface area contributed by atoms with Crippen molar-refractivity contribution in [2.45, 2.75) is 31.8 Å². The summed E-state index contributed by atoms with van der Waals surface area (Å²) in [6.07, 6.45) is 8.16. The van der Waals surface area contributed by atoms with E-state index in [-0.39, 0.29) is 0 Å². The average Bonchev–Trinajstić information content (AvgIpc) is 3.34. The first-order valence-electron chi connectivity index (χ1n) is 12.5. The summed E-state index contributed by atoms with van der Waals surface area (Å²) in [5.41, 5.74) is 16.9. The molecule has 12 heteroatoms. The largest absolute Gasteiger partial charge is 0.382 e. The molecule has 198 valence electrons. The van der Waals surface area contributed by atoms with Crippen LogP contribution in [0, 0.1) is 18.6 Å². The Morgan fingerprint density at radius 1 is 1.03 bits per heavy atom. The van der Waals surface area contributed by atoms with Crippen LogP contribution in [0.3, 0.4) is 0 Å². The minimum Gasteiger partial charge on any atom is -0.382 e. The molecule has 39 heavy (non-hydrogen) atoms. The highest BCUT2D eigenvalue weighted by Crippen LogP contribution is 2.34. The zero-order chi connectivity index (χ0) is 27.1. The molecule has 0 radical (unpaired) electrons. The molecule has 0 aliphatic carbocycles.